The first-order chi connectivity index (χ1) is 5.43. The summed E-state index contributed by atoms with van der Waals surface area (Å²) in [6.07, 6.45) is 13.3. The molecule has 0 aromatic rings. The van der Waals surface area contributed by atoms with Gasteiger partial charge in [0.05, 0.1) is 0 Å². The summed E-state index contributed by atoms with van der Waals surface area (Å²) >= 11 is 0. The molecule has 1 aliphatic carbocycles. The minimum Gasteiger partial charge on any atom is -0.291 e. The summed E-state index contributed by atoms with van der Waals surface area (Å²) in [4.78, 5) is 10.1. The Kier molecular flexibility index (Phi) is 3.67. The molecule has 0 bridgehead atoms. The van der Waals surface area contributed by atoms with Crippen LogP contribution in [0.5, 0.6) is 0 Å². The average molecular weight is 149 g/mol. The van der Waals surface area contributed by atoms with Gasteiger partial charge in [-0.1, -0.05) is 23.8 Å². The zero-order valence-electron chi connectivity index (χ0n) is 6.68. The van der Waals surface area contributed by atoms with Crippen LogP contribution >= 0.6 is 0 Å². The van der Waals surface area contributed by atoms with Gasteiger partial charge in [0.2, 0.25) is 6.29 Å². The topological polar surface area (TPSA) is 17.1 Å². The molecular weight excluding hydrogens is 136 g/mol. The Hall–Kier alpha value is -0.850. The zero-order chi connectivity index (χ0) is 7.94. The lowest BCUT2D eigenvalue weighted by molar-refractivity contribution is 0.554. The van der Waals surface area contributed by atoms with Gasteiger partial charge < -0.3 is 0 Å². The fraction of sp³-hybridized carbons (Fsp3) is 0.500. The number of rotatable bonds is 2. The van der Waals surface area contributed by atoms with Crippen LogP contribution < -0.4 is 0 Å². The molecule has 0 aromatic carbocycles. The van der Waals surface area contributed by atoms with Crippen molar-refractivity contribution in [3.63, 3.8) is 0 Å². The van der Waals surface area contributed by atoms with Crippen LogP contribution in [0.15, 0.2) is 23.8 Å². The van der Waals surface area contributed by atoms with Crippen LogP contribution in [0, 0.1) is 0 Å². The maximum Gasteiger partial charge on any atom is 0.202 e. The molecule has 0 unspecified atom stereocenters. The van der Waals surface area contributed by atoms with E-state index in [2.05, 4.69) is 18.2 Å². The average Bonchev–Trinajstić information content (AvgIpc) is 1.94. The van der Waals surface area contributed by atoms with Crippen LogP contribution in [-0.4, -0.2) is 6.29 Å². The number of hydrogen-bond acceptors (Lipinski definition) is 1. The van der Waals surface area contributed by atoms with Gasteiger partial charge in [0.1, 0.15) is 0 Å². The third kappa shape index (κ3) is 3.17. The molecule has 0 saturated carbocycles. The lowest BCUT2D eigenvalue weighted by Gasteiger charge is -2.03. The van der Waals surface area contributed by atoms with E-state index in [1.165, 1.54) is 5.57 Å². The molecule has 11 heavy (non-hydrogen) atoms. The highest BCUT2D eigenvalue weighted by atomic mass is 16.1. The van der Waals surface area contributed by atoms with Crippen LogP contribution in [0.1, 0.15) is 32.1 Å². The van der Waals surface area contributed by atoms with Crippen molar-refractivity contribution in [2.75, 3.05) is 0 Å². The van der Waals surface area contributed by atoms with E-state index in [1.54, 1.807) is 0 Å². The predicted octanol–water partition coefficient (Wildman–Crippen LogP) is 2.54. The Morgan fingerprint density at radius 2 is 2.09 bits per heavy atom. The van der Waals surface area contributed by atoms with Crippen molar-refractivity contribution in [1.82, 2.24) is 0 Å². The summed E-state index contributed by atoms with van der Waals surface area (Å²) < 4.78 is 0. The molecule has 0 amide bonds. The highest BCUT2D eigenvalue weighted by molar-refractivity contribution is 5.55. The Morgan fingerprint density at radius 1 is 1.27 bits per heavy atom. The van der Waals surface area contributed by atoms with E-state index in [-0.39, 0.29) is 0 Å². The molecular formula is C10H13O. The molecule has 0 aromatic heterocycles. The highest BCUT2D eigenvalue weighted by Gasteiger charge is 1.97. The Bertz CT molecular complexity index is 177. The van der Waals surface area contributed by atoms with Crippen molar-refractivity contribution < 1.29 is 4.79 Å². The first-order valence-corrected chi connectivity index (χ1v) is 4.11. The van der Waals surface area contributed by atoms with Gasteiger partial charge >= 0.3 is 0 Å². The second-order valence-electron chi connectivity index (χ2n) is 2.77. The standard InChI is InChI=1S/C10H13O/c11-9-8-10-6-4-2-1-3-5-7-10/h1-2,7H,3-6,8H2. The van der Waals surface area contributed by atoms with Crippen molar-refractivity contribution >= 4 is 6.29 Å². The molecule has 0 spiro atoms. The first-order valence-electron chi connectivity index (χ1n) is 4.11. The smallest absolute Gasteiger partial charge is 0.202 e. The van der Waals surface area contributed by atoms with Gasteiger partial charge in [0.15, 0.2) is 0 Å². The highest BCUT2D eigenvalue weighted by Crippen LogP contribution is 2.13. The molecule has 0 N–H and O–H groups in total. The third-order valence-electron chi connectivity index (χ3n) is 1.86. The minimum atomic E-state index is 0.508. The van der Waals surface area contributed by atoms with Crippen LogP contribution in [-0.2, 0) is 4.79 Å². The molecule has 1 heteroatoms. The minimum absolute atomic E-state index is 0.508. The molecule has 0 saturated heterocycles. The van der Waals surface area contributed by atoms with Crippen molar-refractivity contribution in [2.24, 2.45) is 0 Å². The molecule has 0 aliphatic heterocycles. The lowest BCUT2D eigenvalue weighted by atomic mass is 10.0. The molecule has 0 atom stereocenters. The second-order valence-corrected chi connectivity index (χ2v) is 2.77. The molecule has 1 rings (SSSR count). The third-order valence-corrected chi connectivity index (χ3v) is 1.86. The monoisotopic (exact) mass is 149 g/mol. The Morgan fingerprint density at radius 3 is 2.91 bits per heavy atom. The summed E-state index contributed by atoms with van der Waals surface area (Å²) in [5, 5.41) is 0. The summed E-state index contributed by atoms with van der Waals surface area (Å²) in [6, 6.07) is 0. The van der Waals surface area contributed by atoms with Gasteiger partial charge in [-0.2, -0.15) is 0 Å². The summed E-state index contributed by atoms with van der Waals surface area (Å²) in [7, 11) is 0. The normalized spacial score (nSPS) is 18.4. The summed E-state index contributed by atoms with van der Waals surface area (Å²) in [5.41, 5.74) is 1.25. The molecule has 59 valence electrons. The van der Waals surface area contributed by atoms with E-state index < -0.39 is 0 Å². The van der Waals surface area contributed by atoms with Gasteiger partial charge in [0.25, 0.3) is 0 Å². The quantitative estimate of drug-likeness (QED) is 0.551. The summed E-state index contributed by atoms with van der Waals surface area (Å²) in [6.45, 7) is 0. The van der Waals surface area contributed by atoms with Crippen molar-refractivity contribution in [3.8, 4) is 0 Å². The largest absolute Gasteiger partial charge is 0.291 e. The van der Waals surface area contributed by atoms with E-state index in [0.29, 0.717) is 6.42 Å². The van der Waals surface area contributed by atoms with E-state index in [9.17, 15) is 4.79 Å². The van der Waals surface area contributed by atoms with Gasteiger partial charge in [-0.15, -0.1) is 0 Å². The van der Waals surface area contributed by atoms with Gasteiger partial charge in [0, 0.05) is 6.42 Å². The fourth-order valence-corrected chi connectivity index (χ4v) is 1.24. The zero-order valence-corrected chi connectivity index (χ0v) is 6.68. The lowest BCUT2D eigenvalue weighted by Crippen LogP contribution is -1.87. The predicted molar refractivity (Wildman–Crippen MR) is 46.0 cm³/mol. The first kappa shape index (κ1) is 8.25. The van der Waals surface area contributed by atoms with E-state index in [4.69, 9.17) is 0 Å². The Labute approximate surface area is 67.8 Å². The van der Waals surface area contributed by atoms with Gasteiger partial charge in [-0.3, -0.25) is 4.79 Å². The number of hydrogen-bond donors (Lipinski definition) is 0. The van der Waals surface area contributed by atoms with Gasteiger partial charge in [-0.05, 0) is 25.7 Å². The molecule has 1 aliphatic rings. The van der Waals surface area contributed by atoms with Crippen molar-refractivity contribution in [2.45, 2.75) is 32.1 Å². The summed E-state index contributed by atoms with van der Waals surface area (Å²) in [5.74, 6) is 0. The second kappa shape index (κ2) is 4.89. The van der Waals surface area contributed by atoms with Crippen LogP contribution in [0.4, 0.5) is 0 Å². The van der Waals surface area contributed by atoms with Crippen LogP contribution in [0.2, 0.25) is 0 Å². The van der Waals surface area contributed by atoms with Crippen LogP contribution in [0.25, 0.3) is 0 Å². The molecule has 0 heterocycles. The maximum atomic E-state index is 10.1. The van der Waals surface area contributed by atoms with Gasteiger partial charge in [-0.25, -0.2) is 0 Å². The Balaban J connectivity index is 2.42. The molecule has 1 radical (unpaired) electrons. The van der Waals surface area contributed by atoms with Crippen molar-refractivity contribution in [3.05, 3.63) is 23.8 Å². The van der Waals surface area contributed by atoms with E-state index in [0.717, 1.165) is 25.7 Å². The number of allylic oxidation sites excluding steroid dienone is 4. The SMILES string of the molecule is O=[C]CC1=CCCC=CCC1. The molecule has 0 fully saturated rings. The van der Waals surface area contributed by atoms with E-state index in [1.807, 2.05) is 6.29 Å². The van der Waals surface area contributed by atoms with Crippen molar-refractivity contribution in [1.29, 1.82) is 0 Å². The fourth-order valence-electron chi connectivity index (χ4n) is 1.24. The maximum absolute atomic E-state index is 10.1. The van der Waals surface area contributed by atoms with E-state index >= 15 is 0 Å². The molecule has 1 nitrogen and oxygen atoms in total. The number of carbonyl (C=O) groups excluding carboxylic acids is 1. The van der Waals surface area contributed by atoms with Crippen LogP contribution in [0.3, 0.4) is 0 Å².